The lowest BCUT2D eigenvalue weighted by molar-refractivity contribution is 0.166. The predicted molar refractivity (Wildman–Crippen MR) is 71.1 cm³/mol. The molecule has 0 unspecified atom stereocenters. The normalized spacial score (nSPS) is 19.7. The zero-order valence-electron chi connectivity index (χ0n) is 11.2. The molecule has 0 aliphatic heterocycles. The Kier molecular flexibility index (Phi) is 4.27. The Labute approximate surface area is 105 Å². The van der Waals surface area contributed by atoms with Gasteiger partial charge in [0.15, 0.2) is 0 Å². The predicted octanol–water partition coefficient (Wildman–Crippen LogP) is 3.77. The second-order valence-electron chi connectivity index (χ2n) is 5.85. The molecule has 2 rings (SSSR count). The van der Waals surface area contributed by atoms with Gasteiger partial charge in [0.1, 0.15) is 5.76 Å². The SMILES string of the molecule is CC(C)NCC1(Cc2ccco2)CCCCC1. The molecular formula is C15H25NO. The van der Waals surface area contributed by atoms with Gasteiger partial charge >= 0.3 is 0 Å². The fourth-order valence-corrected chi connectivity index (χ4v) is 2.92. The highest BCUT2D eigenvalue weighted by Gasteiger charge is 2.32. The highest BCUT2D eigenvalue weighted by Crippen LogP contribution is 2.38. The van der Waals surface area contributed by atoms with Gasteiger partial charge in [-0.15, -0.1) is 0 Å². The van der Waals surface area contributed by atoms with E-state index in [1.165, 1.54) is 32.1 Å². The smallest absolute Gasteiger partial charge is 0.104 e. The van der Waals surface area contributed by atoms with Crippen molar-refractivity contribution in [3.05, 3.63) is 24.2 Å². The van der Waals surface area contributed by atoms with Gasteiger partial charge in [0.05, 0.1) is 6.26 Å². The topological polar surface area (TPSA) is 25.2 Å². The highest BCUT2D eigenvalue weighted by molar-refractivity contribution is 5.03. The van der Waals surface area contributed by atoms with Crippen molar-refractivity contribution in [3.63, 3.8) is 0 Å². The van der Waals surface area contributed by atoms with Crippen LogP contribution in [-0.2, 0) is 6.42 Å². The van der Waals surface area contributed by atoms with Crippen LogP contribution in [0.2, 0.25) is 0 Å². The number of hydrogen-bond donors (Lipinski definition) is 1. The Balaban J connectivity index is 2.00. The third kappa shape index (κ3) is 3.60. The maximum absolute atomic E-state index is 5.54. The quantitative estimate of drug-likeness (QED) is 0.840. The molecular weight excluding hydrogens is 210 g/mol. The molecule has 1 fully saturated rings. The summed E-state index contributed by atoms with van der Waals surface area (Å²) >= 11 is 0. The molecule has 1 N–H and O–H groups in total. The van der Waals surface area contributed by atoms with Crippen molar-refractivity contribution in [2.75, 3.05) is 6.54 Å². The van der Waals surface area contributed by atoms with E-state index in [0.29, 0.717) is 11.5 Å². The minimum Gasteiger partial charge on any atom is -0.469 e. The van der Waals surface area contributed by atoms with Crippen molar-refractivity contribution in [2.24, 2.45) is 5.41 Å². The molecule has 0 aromatic carbocycles. The van der Waals surface area contributed by atoms with E-state index in [-0.39, 0.29) is 0 Å². The van der Waals surface area contributed by atoms with E-state index < -0.39 is 0 Å². The second-order valence-corrected chi connectivity index (χ2v) is 5.85. The van der Waals surface area contributed by atoms with Crippen LogP contribution in [0.1, 0.15) is 51.7 Å². The molecule has 1 aromatic heterocycles. The minimum absolute atomic E-state index is 0.431. The van der Waals surface area contributed by atoms with Gasteiger partial charge in [0, 0.05) is 19.0 Å². The summed E-state index contributed by atoms with van der Waals surface area (Å²) in [6.45, 7) is 5.58. The maximum atomic E-state index is 5.54. The average Bonchev–Trinajstić information content (AvgIpc) is 2.80. The summed E-state index contributed by atoms with van der Waals surface area (Å²) < 4.78 is 5.54. The maximum Gasteiger partial charge on any atom is 0.104 e. The summed E-state index contributed by atoms with van der Waals surface area (Å²) in [6.07, 6.45) is 9.73. The summed E-state index contributed by atoms with van der Waals surface area (Å²) in [6, 6.07) is 4.69. The molecule has 0 spiro atoms. The molecule has 1 aliphatic carbocycles. The van der Waals surface area contributed by atoms with Crippen LogP contribution in [0.25, 0.3) is 0 Å². The van der Waals surface area contributed by atoms with E-state index >= 15 is 0 Å². The van der Waals surface area contributed by atoms with E-state index in [0.717, 1.165) is 18.7 Å². The first kappa shape index (κ1) is 12.7. The molecule has 0 atom stereocenters. The van der Waals surface area contributed by atoms with E-state index in [1.807, 2.05) is 6.07 Å². The van der Waals surface area contributed by atoms with Crippen LogP contribution >= 0.6 is 0 Å². The van der Waals surface area contributed by atoms with Gasteiger partial charge in [0.25, 0.3) is 0 Å². The van der Waals surface area contributed by atoms with Crippen molar-refractivity contribution in [1.29, 1.82) is 0 Å². The molecule has 0 radical (unpaired) electrons. The molecule has 17 heavy (non-hydrogen) atoms. The number of rotatable bonds is 5. The third-order valence-electron chi connectivity index (χ3n) is 3.93. The molecule has 1 saturated carbocycles. The van der Waals surface area contributed by atoms with Crippen LogP contribution in [-0.4, -0.2) is 12.6 Å². The van der Waals surface area contributed by atoms with E-state index in [2.05, 4.69) is 25.2 Å². The van der Waals surface area contributed by atoms with Gasteiger partial charge in [-0.05, 0) is 30.4 Å². The van der Waals surface area contributed by atoms with Crippen LogP contribution < -0.4 is 5.32 Å². The molecule has 0 saturated heterocycles. The fraction of sp³-hybridized carbons (Fsp3) is 0.733. The van der Waals surface area contributed by atoms with Crippen molar-refractivity contribution < 1.29 is 4.42 Å². The molecule has 2 nitrogen and oxygen atoms in total. The minimum atomic E-state index is 0.431. The van der Waals surface area contributed by atoms with Crippen LogP contribution in [0.5, 0.6) is 0 Å². The standard InChI is InChI=1S/C15H25NO/c1-13(2)16-12-15(8-4-3-5-9-15)11-14-7-6-10-17-14/h6-7,10,13,16H,3-5,8-9,11-12H2,1-2H3. The van der Waals surface area contributed by atoms with Crippen LogP contribution in [0.4, 0.5) is 0 Å². The van der Waals surface area contributed by atoms with E-state index in [1.54, 1.807) is 6.26 Å². The summed E-state index contributed by atoms with van der Waals surface area (Å²) in [5, 5.41) is 3.63. The van der Waals surface area contributed by atoms with Crippen molar-refractivity contribution in [2.45, 2.75) is 58.4 Å². The van der Waals surface area contributed by atoms with Crippen LogP contribution in [0, 0.1) is 5.41 Å². The van der Waals surface area contributed by atoms with Crippen LogP contribution in [0.15, 0.2) is 22.8 Å². The highest BCUT2D eigenvalue weighted by atomic mass is 16.3. The summed E-state index contributed by atoms with van der Waals surface area (Å²) in [5.74, 6) is 1.15. The van der Waals surface area contributed by atoms with Gasteiger partial charge in [-0.2, -0.15) is 0 Å². The Morgan fingerprint density at radius 3 is 2.65 bits per heavy atom. The largest absolute Gasteiger partial charge is 0.469 e. The summed E-state index contributed by atoms with van der Waals surface area (Å²) in [4.78, 5) is 0. The molecule has 96 valence electrons. The molecule has 1 heterocycles. The first-order chi connectivity index (χ1) is 8.20. The van der Waals surface area contributed by atoms with Gasteiger partial charge in [-0.25, -0.2) is 0 Å². The first-order valence-corrected chi connectivity index (χ1v) is 6.96. The summed E-state index contributed by atoms with van der Waals surface area (Å²) in [7, 11) is 0. The van der Waals surface area contributed by atoms with Crippen molar-refractivity contribution >= 4 is 0 Å². The zero-order valence-corrected chi connectivity index (χ0v) is 11.2. The first-order valence-electron chi connectivity index (χ1n) is 6.96. The summed E-state index contributed by atoms with van der Waals surface area (Å²) in [5.41, 5.74) is 0.431. The van der Waals surface area contributed by atoms with Gasteiger partial charge in [-0.1, -0.05) is 33.1 Å². The Hall–Kier alpha value is -0.760. The van der Waals surface area contributed by atoms with Crippen molar-refractivity contribution in [1.82, 2.24) is 5.32 Å². The van der Waals surface area contributed by atoms with Crippen LogP contribution in [0.3, 0.4) is 0 Å². The van der Waals surface area contributed by atoms with Gasteiger partial charge in [0.2, 0.25) is 0 Å². The number of hydrogen-bond acceptors (Lipinski definition) is 2. The second kappa shape index (κ2) is 5.72. The van der Waals surface area contributed by atoms with E-state index in [4.69, 9.17) is 4.42 Å². The number of nitrogens with one attached hydrogen (secondary N) is 1. The molecule has 2 heteroatoms. The molecule has 0 amide bonds. The zero-order chi connectivity index (χ0) is 12.1. The van der Waals surface area contributed by atoms with Gasteiger partial charge in [-0.3, -0.25) is 0 Å². The molecule has 0 bridgehead atoms. The lowest BCUT2D eigenvalue weighted by atomic mass is 9.71. The lowest BCUT2D eigenvalue weighted by Crippen LogP contribution is -2.40. The monoisotopic (exact) mass is 235 g/mol. The number of furan rings is 1. The average molecular weight is 235 g/mol. The Bertz CT molecular complexity index is 310. The Morgan fingerprint density at radius 2 is 2.06 bits per heavy atom. The third-order valence-corrected chi connectivity index (χ3v) is 3.93. The van der Waals surface area contributed by atoms with E-state index in [9.17, 15) is 0 Å². The Morgan fingerprint density at radius 1 is 1.29 bits per heavy atom. The van der Waals surface area contributed by atoms with Crippen molar-refractivity contribution in [3.8, 4) is 0 Å². The van der Waals surface area contributed by atoms with Gasteiger partial charge < -0.3 is 9.73 Å². The lowest BCUT2D eigenvalue weighted by Gasteiger charge is -2.37. The fourth-order valence-electron chi connectivity index (χ4n) is 2.92. The molecule has 1 aliphatic rings. The molecule has 1 aromatic rings.